The molecule has 4 atom stereocenters. The second-order valence-corrected chi connectivity index (χ2v) is 6.96. The van der Waals surface area contributed by atoms with E-state index in [1.165, 1.54) is 25.7 Å². The number of fused-ring (bicyclic) bond motifs is 4. The van der Waals surface area contributed by atoms with Crippen molar-refractivity contribution in [2.24, 2.45) is 23.2 Å². The van der Waals surface area contributed by atoms with Crippen molar-refractivity contribution in [3.05, 3.63) is 42.3 Å². The van der Waals surface area contributed by atoms with Crippen LogP contribution in [0.4, 0.5) is 0 Å². The SMILES string of the molecule is O=C(OCc1ccccc1)C12CCC[CH]C1C1CCCC12. The lowest BCUT2D eigenvalue weighted by atomic mass is 9.43. The summed E-state index contributed by atoms with van der Waals surface area (Å²) in [5, 5.41) is 0. The van der Waals surface area contributed by atoms with Crippen molar-refractivity contribution >= 4 is 5.97 Å². The Hall–Kier alpha value is -1.31. The fourth-order valence-corrected chi connectivity index (χ4v) is 5.24. The molecule has 2 nitrogen and oxygen atoms in total. The normalized spacial score (nSPS) is 37.2. The van der Waals surface area contributed by atoms with Crippen LogP contribution < -0.4 is 0 Å². The van der Waals surface area contributed by atoms with Crippen LogP contribution in [0.15, 0.2) is 30.3 Å². The molecule has 3 aliphatic rings. The van der Waals surface area contributed by atoms with Gasteiger partial charge < -0.3 is 4.74 Å². The van der Waals surface area contributed by atoms with Gasteiger partial charge in [-0.3, -0.25) is 4.79 Å². The van der Waals surface area contributed by atoms with Crippen molar-refractivity contribution < 1.29 is 9.53 Å². The molecule has 0 aromatic heterocycles. The molecule has 1 aromatic rings. The molecule has 0 heterocycles. The maximum absolute atomic E-state index is 12.9. The Labute approximate surface area is 126 Å². The molecule has 3 fully saturated rings. The van der Waals surface area contributed by atoms with Crippen molar-refractivity contribution in [1.29, 1.82) is 0 Å². The third-order valence-corrected chi connectivity index (χ3v) is 6.10. The molecule has 0 spiro atoms. The van der Waals surface area contributed by atoms with Gasteiger partial charge in [-0.1, -0.05) is 43.2 Å². The Kier molecular flexibility index (Phi) is 3.28. The number of carbonyl (C=O) groups is 1. The van der Waals surface area contributed by atoms with Gasteiger partial charge in [0.25, 0.3) is 0 Å². The predicted octanol–water partition coefficient (Wildman–Crippen LogP) is 4.15. The molecule has 0 saturated heterocycles. The van der Waals surface area contributed by atoms with Crippen LogP contribution in [0, 0.1) is 29.6 Å². The van der Waals surface area contributed by atoms with Gasteiger partial charge in [0.05, 0.1) is 5.41 Å². The third kappa shape index (κ3) is 1.95. The molecule has 2 heteroatoms. The average molecular weight is 283 g/mol. The summed E-state index contributed by atoms with van der Waals surface area (Å²) in [7, 11) is 0. The minimum atomic E-state index is -0.159. The van der Waals surface area contributed by atoms with Gasteiger partial charge in [0.2, 0.25) is 0 Å². The molecule has 3 saturated carbocycles. The summed E-state index contributed by atoms with van der Waals surface area (Å²) < 4.78 is 5.74. The fraction of sp³-hybridized carbons (Fsp3) is 0.579. The van der Waals surface area contributed by atoms with E-state index < -0.39 is 0 Å². The van der Waals surface area contributed by atoms with E-state index in [2.05, 4.69) is 6.42 Å². The van der Waals surface area contributed by atoms with Crippen LogP contribution in [0.3, 0.4) is 0 Å². The quantitative estimate of drug-likeness (QED) is 0.779. The minimum Gasteiger partial charge on any atom is -0.460 e. The molecule has 4 unspecified atom stereocenters. The second kappa shape index (κ2) is 5.15. The van der Waals surface area contributed by atoms with E-state index in [0.717, 1.165) is 24.3 Å². The number of hydrogen-bond donors (Lipinski definition) is 0. The summed E-state index contributed by atoms with van der Waals surface area (Å²) in [5.41, 5.74) is 0.926. The largest absolute Gasteiger partial charge is 0.460 e. The smallest absolute Gasteiger partial charge is 0.313 e. The molecule has 3 aliphatic carbocycles. The van der Waals surface area contributed by atoms with Gasteiger partial charge >= 0.3 is 5.97 Å². The minimum absolute atomic E-state index is 0.0791. The molecular formula is C19H23O2. The Bertz CT molecular complexity index is 524. The van der Waals surface area contributed by atoms with Gasteiger partial charge in [0.1, 0.15) is 6.61 Å². The van der Waals surface area contributed by atoms with Crippen molar-refractivity contribution in [2.45, 2.75) is 45.1 Å². The number of carbonyl (C=O) groups excluding carboxylic acids is 1. The first-order chi connectivity index (χ1) is 10.3. The Morgan fingerprint density at radius 2 is 2.05 bits per heavy atom. The third-order valence-electron chi connectivity index (χ3n) is 6.10. The molecular weight excluding hydrogens is 260 g/mol. The number of benzene rings is 1. The van der Waals surface area contributed by atoms with E-state index in [4.69, 9.17) is 4.74 Å². The van der Waals surface area contributed by atoms with Crippen LogP contribution in [0.2, 0.25) is 0 Å². The van der Waals surface area contributed by atoms with Gasteiger partial charge in [0, 0.05) is 0 Å². The van der Waals surface area contributed by atoms with Gasteiger partial charge in [-0.25, -0.2) is 0 Å². The van der Waals surface area contributed by atoms with E-state index in [-0.39, 0.29) is 11.4 Å². The topological polar surface area (TPSA) is 26.3 Å². The van der Waals surface area contributed by atoms with Crippen molar-refractivity contribution in [1.82, 2.24) is 0 Å². The van der Waals surface area contributed by atoms with Crippen LogP contribution >= 0.6 is 0 Å². The zero-order valence-corrected chi connectivity index (χ0v) is 12.5. The lowest BCUT2D eigenvalue weighted by molar-refractivity contribution is -0.191. The lowest BCUT2D eigenvalue weighted by Crippen LogP contribution is -2.61. The molecule has 0 aliphatic heterocycles. The monoisotopic (exact) mass is 283 g/mol. The van der Waals surface area contributed by atoms with Crippen molar-refractivity contribution in [3.8, 4) is 0 Å². The van der Waals surface area contributed by atoms with E-state index in [1.807, 2.05) is 30.3 Å². The second-order valence-electron chi connectivity index (χ2n) is 6.96. The number of rotatable bonds is 3. The highest BCUT2D eigenvalue weighted by atomic mass is 16.5. The van der Waals surface area contributed by atoms with Crippen LogP contribution in [0.25, 0.3) is 0 Å². The number of hydrogen-bond acceptors (Lipinski definition) is 2. The Morgan fingerprint density at radius 3 is 2.90 bits per heavy atom. The van der Waals surface area contributed by atoms with Crippen molar-refractivity contribution in [2.75, 3.05) is 0 Å². The maximum Gasteiger partial charge on any atom is 0.313 e. The van der Waals surface area contributed by atoms with Crippen LogP contribution in [0.1, 0.15) is 44.1 Å². The molecule has 0 bridgehead atoms. The summed E-state index contributed by atoms with van der Waals surface area (Å²) in [6.07, 6.45) is 9.66. The summed E-state index contributed by atoms with van der Waals surface area (Å²) in [6, 6.07) is 10.0. The summed E-state index contributed by atoms with van der Waals surface area (Å²) in [4.78, 5) is 12.9. The highest BCUT2D eigenvalue weighted by Gasteiger charge is 2.67. The van der Waals surface area contributed by atoms with Gasteiger partial charge in [-0.05, 0) is 55.4 Å². The number of ether oxygens (including phenoxy) is 1. The van der Waals surface area contributed by atoms with Crippen LogP contribution in [-0.4, -0.2) is 5.97 Å². The van der Waals surface area contributed by atoms with E-state index in [1.54, 1.807) is 0 Å². The predicted molar refractivity (Wildman–Crippen MR) is 81.1 cm³/mol. The van der Waals surface area contributed by atoms with Crippen LogP contribution in [0.5, 0.6) is 0 Å². The van der Waals surface area contributed by atoms with Gasteiger partial charge in [0.15, 0.2) is 0 Å². The average Bonchev–Trinajstić information content (AvgIpc) is 2.96. The standard InChI is InChI=1S/C19H23O2/c20-18(21-13-14-7-2-1-3-8-14)19-12-5-4-10-16(19)15-9-6-11-17(15)19/h1-3,7-8,10,15-17H,4-6,9,11-13H2. The molecule has 4 rings (SSSR count). The zero-order chi connectivity index (χ0) is 14.3. The van der Waals surface area contributed by atoms with Gasteiger partial charge in [-0.15, -0.1) is 0 Å². The molecule has 21 heavy (non-hydrogen) atoms. The first-order valence-electron chi connectivity index (χ1n) is 8.37. The van der Waals surface area contributed by atoms with E-state index in [9.17, 15) is 4.79 Å². The van der Waals surface area contributed by atoms with E-state index >= 15 is 0 Å². The molecule has 1 radical (unpaired) electrons. The fourth-order valence-electron chi connectivity index (χ4n) is 5.24. The Morgan fingerprint density at radius 1 is 1.19 bits per heavy atom. The molecule has 1 aromatic carbocycles. The van der Waals surface area contributed by atoms with Crippen LogP contribution in [-0.2, 0) is 16.1 Å². The Balaban J connectivity index is 1.49. The molecule has 0 amide bonds. The highest BCUT2D eigenvalue weighted by molar-refractivity contribution is 5.80. The van der Waals surface area contributed by atoms with Gasteiger partial charge in [-0.2, -0.15) is 0 Å². The number of esters is 1. The van der Waals surface area contributed by atoms with E-state index in [0.29, 0.717) is 18.4 Å². The first-order valence-corrected chi connectivity index (χ1v) is 8.37. The molecule has 0 N–H and O–H groups in total. The zero-order valence-electron chi connectivity index (χ0n) is 12.5. The summed E-state index contributed by atoms with van der Waals surface area (Å²) in [6.45, 7) is 0.422. The maximum atomic E-state index is 12.9. The lowest BCUT2D eigenvalue weighted by Gasteiger charge is -2.59. The first kappa shape index (κ1) is 13.4. The highest BCUT2D eigenvalue weighted by Crippen LogP contribution is 2.68. The summed E-state index contributed by atoms with van der Waals surface area (Å²) in [5.74, 6) is 1.95. The molecule has 111 valence electrons. The van der Waals surface area contributed by atoms with Crippen molar-refractivity contribution in [3.63, 3.8) is 0 Å². The summed E-state index contributed by atoms with van der Waals surface area (Å²) >= 11 is 0.